The molecular formula is C12H12BrFN2S. The molecule has 2 rings (SSSR count). The molecule has 3 N–H and O–H groups in total. The first-order chi connectivity index (χ1) is 8.18. The van der Waals surface area contributed by atoms with E-state index in [9.17, 15) is 4.39 Å². The van der Waals surface area contributed by atoms with E-state index in [1.165, 1.54) is 10.9 Å². The monoisotopic (exact) mass is 314 g/mol. The number of hydrogen-bond donors (Lipinski definition) is 2. The van der Waals surface area contributed by atoms with E-state index in [4.69, 9.17) is 5.73 Å². The van der Waals surface area contributed by atoms with Gasteiger partial charge in [-0.05, 0) is 39.0 Å². The number of nitrogens with one attached hydrogen (secondary N) is 1. The maximum Gasteiger partial charge on any atom is 0.146 e. The fraction of sp³-hybridized carbons (Fsp3) is 0.167. The van der Waals surface area contributed by atoms with Gasteiger partial charge >= 0.3 is 0 Å². The number of para-hydroxylation sites is 1. The molecule has 0 aliphatic carbocycles. The summed E-state index contributed by atoms with van der Waals surface area (Å²) in [6.07, 6.45) is 0. The number of benzene rings is 1. The van der Waals surface area contributed by atoms with Crippen LogP contribution in [0.25, 0.3) is 0 Å². The molecule has 0 unspecified atom stereocenters. The summed E-state index contributed by atoms with van der Waals surface area (Å²) in [7, 11) is 0. The smallest absolute Gasteiger partial charge is 0.146 e. The van der Waals surface area contributed by atoms with Crippen molar-refractivity contribution in [1.29, 1.82) is 0 Å². The van der Waals surface area contributed by atoms with Crippen molar-refractivity contribution < 1.29 is 4.39 Å². The highest BCUT2D eigenvalue weighted by molar-refractivity contribution is 9.10. The van der Waals surface area contributed by atoms with Crippen LogP contribution in [0.2, 0.25) is 0 Å². The molecule has 0 amide bonds. The summed E-state index contributed by atoms with van der Waals surface area (Å²) in [5.74, 6) is -0.360. The van der Waals surface area contributed by atoms with Gasteiger partial charge in [-0.25, -0.2) is 4.39 Å². The number of halogens is 2. The van der Waals surface area contributed by atoms with Crippen molar-refractivity contribution in [2.45, 2.75) is 13.1 Å². The number of nitrogens with two attached hydrogens (primary N) is 1. The normalized spacial score (nSPS) is 10.7. The first kappa shape index (κ1) is 12.5. The van der Waals surface area contributed by atoms with E-state index in [0.717, 1.165) is 16.6 Å². The summed E-state index contributed by atoms with van der Waals surface area (Å²) in [5.41, 5.74) is 6.67. The Kier molecular flexibility index (Phi) is 4.15. The minimum Gasteiger partial charge on any atom is -0.396 e. The molecule has 1 aromatic carbocycles. The quantitative estimate of drug-likeness (QED) is 0.847. The number of anilines is 1. The molecule has 1 heterocycles. The Bertz CT molecular complexity index is 513. The van der Waals surface area contributed by atoms with Gasteiger partial charge in [0.25, 0.3) is 0 Å². The molecule has 17 heavy (non-hydrogen) atoms. The second-order valence-corrected chi connectivity index (χ2v) is 5.46. The third-order valence-electron chi connectivity index (χ3n) is 2.44. The molecule has 0 radical (unpaired) electrons. The molecule has 0 atom stereocenters. The Hall–Kier alpha value is -0.910. The highest BCUT2D eigenvalue weighted by atomic mass is 79.9. The standard InChI is InChI=1S/C12H12BrFN2S/c13-9-4-5-17-11(9)7-16-6-8-2-1-3-10(14)12(8)15/h1-5,16H,6-7,15H2. The highest BCUT2D eigenvalue weighted by Gasteiger charge is 2.05. The molecule has 5 heteroatoms. The van der Waals surface area contributed by atoms with Gasteiger partial charge in [0, 0.05) is 22.4 Å². The van der Waals surface area contributed by atoms with Crippen molar-refractivity contribution in [3.05, 3.63) is 50.4 Å². The van der Waals surface area contributed by atoms with Crippen LogP contribution >= 0.6 is 27.3 Å². The molecule has 0 bridgehead atoms. The van der Waals surface area contributed by atoms with Crippen molar-refractivity contribution in [1.82, 2.24) is 5.32 Å². The second-order valence-electron chi connectivity index (χ2n) is 3.61. The van der Waals surface area contributed by atoms with E-state index in [0.29, 0.717) is 6.54 Å². The van der Waals surface area contributed by atoms with Crippen LogP contribution in [0.15, 0.2) is 34.1 Å². The molecule has 1 aromatic heterocycles. The Labute approximate surface area is 112 Å². The summed E-state index contributed by atoms with van der Waals surface area (Å²) < 4.78 is 14.3. The summed E-state index contributed by atoms with van der Waals surface area (Å²) in [5, 5.41) is 5.27. The van der Waals surface area contributed by atoms with E-state index in [1.807, 2.05) is 17.5 Å². The van der Waals surface area contributed by atoms with Gasteiger partial charge in [0.1, 0.15) is 5.82 Å². The molecule has 0 saturated heterocycles. The maximum atomic E-state index is 13.2. The van der Waals surface area contributed by atoms with Crippen molar-refractivity contribution in [3.8, 4) is 0 Å². The van der Waals surface area contributed by atoms with Crippen molar-refractivity contribution in [3.63, 3.8) is 0 Å². The fourth-order valence-electron chi connectivity index (χ4n) is 1.50. The van der Waals surface area contributed by atoms with E-state index in [-0.39, 0.29) is 11.5 Å². The zero-order chi connectivity index (χ0) is 12.3. The number of thiophene rings is 1. The first-order valence-electron chi connectivity index (χ1n) is 5.14. The van der Waals surface area contributed by atoms with Gasteiger partial charge in [-0.1, -0.05) is 12.1 Å². The number of rotatable bonds is 4. The predicted molar refractivity (Wildman–Crippen MR) is 73.4 cm³/mol. The van der Waals surface area contributed by atoms with Crippen LogP contribution in [0.1, 0.15) is 10.4 Å². The molecule has 0 aliphatic heterocycles. The fourth-order valence-corrected chi connectivity index (χ4v) is 2.96. The second kappa shape index (κ2) is 5.62. The minimum absolute atomic E-state index is 0.227. The zero-order valence-electron chi connectivity index (χ0n) is 9.04. The van der Waals surface area contributed by atoms with Gasteiger partial charge in [-0.3, -0.25) is 0 Å². The molecule has 2 nitrogen and oxygen atoms in total. The maximum absolute atomic E-state index is 13.2. The van der Waals surface area contributed by atoms with E-state index < -0.39 is 0 Å². The van der Waals surface area contributed by atoms with E-state index in [1.54, 1.807) is 17.4 Å². The van der Waals surface area contributed by atoms with Gasteiger partial charge < -0.3 is 11.1 Å². The Morgan fingerprint density at radius 1 is 1.29 bits per heavy atom. The van der Waals surface area contributed by atoms with Crippen LogP contribution in [0.5, 0.6) is 0 Å². The van der Waals surface area contributed by atoms with E-state index >= 15 is 0 Å². The first-order valence-corrected chi connectivity index (χ1v) is 6.81. The molecular weight excluding hydrogens is 303 g/mol. The van der Waals surface area contributed by atoms with Crippen molar-refractivity contribution in [2.75, 3.05) is 5.73 Å². The molecule has 0 saturated carbocycles. The lowest BCUT2D eigenvalue weighted by molar-refractivity contribution is 0.626. The lowest BCUT2D eigenvalue weighted by Gasteiger charge is -2.07. The summed E-state index contributed by atoms with van der Waals surface area (Å²) >= 11 is 5.14. The van der Waals surface area contributed by atoms with Gasteiger partial charge in [0.05, 0.1) is 5.69 Å². The Morgan fingerprint density at radius 3 is 2.82 bits per heavy atom. The molecule has 2 aromatic rings. The summed E-state index contributed by atoms with van der Waals surface area (Å²) in [6, 6.07) is 6.88. The van der Waals surface area contributed by atoms with Crippen molar-refractivity contribution >= 4 is 33.0 Å². The Balaban J connectivity index is 1.95. The van der Waals surface area contributed by atoms with Gasteiger partial charge in [0.2, 0.25) is 0 Å². The van der Waals surface area contributed by atoms with Crippen molar-refractivity contribution in [2.24, 2.45) is 0 Å². The molecule has 0 spiro atoms. The van der Waals surface area contributed by atoms with Crippen LogP contribution < -0.4 is 11.1 Å². The zero-order valence-corrected chi connectivity index (χ0v) is 11.4. The predicted octanol–water partition coefficient (Wildman–Crippen LogP) is 3.52. The summed E-state index contributed by atoms with van der Waals surface area (Å²) in [4.78, 5) is 1.22. The highest BCUT2D eigenvalue weighted by Crippen LogP contribution is 2.22. The van der Waals surface area contributed by atoms with Gasteiger partial charge in [0.15, 0.2) is 0 Å². The summed E-state index contributed by atoms with van der Waals surface area (Å²) in [6.45, 7) is 1.31. The topological polar surface area (TPSA) is 38.0 Å². The lowest BCUT2D eigenvalue weighted by atomic mass is 10.1. The van der Waals surface area contributed by atoms with Crippen LogP contribution in [-0.2, 0) is 13.1 Å². The molecule has 0 aliphatic rings. The van der Waals surface area contributed by atoms with Crippen LogP contribution in [0, 0.1) is 5.82 Å². The van der Waals surface area contributed by atoms with E-state index in [2.05, 4.69) is 21.2 Å². The van der Waals surface area contributed by atoms with Gasteiger partial charge in [-0.2, -0.15) is 0 Å². The van der Waals surface area contributed by atoms with Crippen LogP contribution in [0.4, 0.5) is 10.1 Å². The average Bonchev–Trinajstić information content (AvgIpc) is 2.71. The largest absolute Gasteiger partial charge is 0.396 e. The SMILES string of the molecule is Nc1c(F)cccc1CNCc1sccc1Br. The molecule has 90 valence electrons. The minimum atomic E-state index is -0.360. The number of nitrogen functional groups attached to an aromatic ring is 1. The van der Waals surface area contributed by atoms with Crippen LogP contribution in [0.3, 0.4) is 0 Å². The lowest BCUT2D eigenvalue weighted by Crippen LogP contribution is -2.13. The van der Waals surface area contributed by atoms with Gasteiger partial charge in [-0.15, -0.1) is 11.3 Å². The third-order valence-corrected chi connectivity index (χ3v) is 4.36. The Morgan fingerprint density at radius 2 is 2.12 bits per heavy atom. The number of hydrogen-bond acceptors (Lipinski definition) is 3. The third kappa shape index (κ3) is 3.06. The van der Waals surface area contributed by atoms with Crippen LogP contribution in [-0.4, -0.2) is 0 Å². The average molecular weight is 315 g/mol. The molecule has 0 fully saturated rings.